The molecule has 7 heteroatoms. The highest BCUT2D eigenvalue weighted by Crippen LogP contribution is 2.18. The van der Waals surface area contributed by atoms with Crippen molar-refractivity contribution in [2.45, 2.75) is 48.0 Å². The maximum Gasteiger partial charge on any atom is 0.260 e. The lowest BCUT2D eigenvalue weighted by atomic mass is 9.97. The van der Waals surface area contributed by atoms with Gasteiger partial charge in [0.1, 0.15) is 12.4 Å². The zero-order chi connectivity index (χ0) is 23.4. The van der Waals surface area contributed by atoms with E-state index < -0.39 is 0 Å². The monoisotopic (exact) mass is 421 g/mol. The molecule has 3 rings (SSSR count). The summed E-state index contributed by atoms with van der Waals surface area (Å²) in [7, 11) is 0. The Labute approximate surface area is 184 Å². The fourth-order valence-electron chi connectivity index (χ4n) is 2.93. The molecule has 1 aliphatic rings. The van der Waals surface area contributed by atoms with Crippen LogP contribution in [0.2, 0.25) is 0 Å². The SMILES string of the molecule is CC.CC.Cc1cc(C)c(CC(=O)Nc2ccc(C3=NCC(=O)NN3)cc2)c(C#N)c1. The predicted octanol–water partition coefficient (Wildman–Crippen LogP) is 3.79. The van der Waals surface area contributed by atoms with Crippen LogP contribution in [0.15, 0.2) is 41.4 Å². The van der Waals surface area contributed by atoms with Gasteiger partial charge < -0.3 is 5.32 Å². The van der Waals surface area contributed by atoms with Gasteiger partial charge in [0.15, 0.2) is 0 Å². The van der Waals surface area contributed by atoms with E-state index in [2.05, 4.69) is 27.2 Å². The van der Waals surface area contributed by atoms with Crippen molar-refractivity contribution in [2.75, 3.05) is 11.9 Å². The highest BCUT2D eigenvalue weighted by molar-refractivity contribution is 6.03. The second kappa shape index (κ2) is 12.8. The first-order valence-corrected chi connectivity index (χ1v) is 10.5. The van der Waals surface area contributed by atoms with Crippen molar-refractivity contribution in [1.82, 2.24) is 10.9 Å². The molecule has 164 valence electrons. The van der Waals surface area contributed by atoms with Gasteiger partial charge in [-0.25, -0.2) is 0 Å². The van der Waals surface area contributed by atoms with E-state index >= 15 is 0 Å². The molecule has 0 atom stereocenters. The Morgan fingerprint density at radius 1 is 1.10 bits per heavy atom. The van der Waals surface area contributed by atoms with Gasteiger partial charge in [-0.3, -0.25) is 25.4 Å². The number of amides is 2. The van der Waals surface area contributed by atoms with Crippen LogP contribution in [0.5, 0.6) is 0 Å². The summed E-state index contributed by atoms with van der Waals surface area (Å²) in [6.45, 7) is 11.9. The van der Waals surface area contributed by atoms with Crippen molar-refractivity contribution in [3.05, 3.63) is 64.2 Å². The van der Waals surface area contributed by atoms with Crippen LogP contribution < -0.4 is 16.2 Å². The summed E-state index contributed by atoms with van der Waals surface area (Å²) < 4.78 is 0. The minimum atomic E-state index is -0.189. The number of carbonyl (C=O) groups excluding carboxylic acids is 2. The molecule has 0 aromatic heterocycles. The van der Waals surface area contributed by atoms with E-state index in [4.69, 9.17) is 0 Å². The Morgan fingerprint density at radius 2 is 1.74 bits per heavy atom. The molecule has 0 saturated carbocycles. The number of aliphatic imine (C=N–C) groups is 1. The molecule has 3 N–H and O–H groups in total. The van der Waals surface area contributed by atoms with E-state index in [1.807, 2.05) is 47.6 Å². The Balaban J connectivity index is 0.00000113. The van der Waals surface area contributed by atoms with Crippen LogP contribution in [-0.2, 0) is 16.0 Å². The summed E-state index contributed by atoms with van der Waals surface area (Å²) in [6.07, 6.45) is 0.136. The summed E-state index contributed by atoms with van der Waals surface area (Å²) in [4.78, 5) is 27.6. The minimum absolute atomic E-state index is 0.0813. The van der Waals surface area contributed by atoms with Crippen molar-refractivity contribution in [3.63, 3.8) is 0 Å². The molecule has 0 aliphatic carbocycles. The fourth-order valence-corrected chi connectivity index (χ4v) is 2.93. The number of nitriles is 1. The van der Waals surface area contributed by atoms with Crippen molar-refractivity contribution >= 4 is 23.3 Å². The van der Waals surface area contributed by atoms with Crippen molar-refractivity contribution in [3.8, 4) is 6.07 Å². The summed E-state index contributed by atoms with van der Waals surface area (Å²) in [5, 5.41) is 12.2. The van der Waals surface area contributed by atoms with Crippen LogP contribution in [0.3, 0.4) is 0 Å². The molecule has 0 fully saturated rings. The lowest BCUT2D eigenvalue weighted by Gasteiger charge is -2.16. The molecular formula is C24H31N5O2. The lowest BCUT2D eigenvalue weighted by Crippen LogP contribution is -2.47. The highest BCUT2D eigenvalue weighted by Gasteiger charge is 2.13. The topological polar surface area (TPSA) is 106 Å². The molecule has 7 nitrogen and oxygen atoms in total. The van der Waals surface area contributed by atoms with E-state index in [9.17, 15) is 14.9 Å². The Hall–Kier alpha value is -3.66. The summed E-state index contributed by atoms with van der Waals surface area (Å²) in [5.74, 6) is 0.193. The second-order valence-corrected chi connectivity index (χ2v) is 6.36. The normalized spacial score (nSPS) is 11.8. The first kappa shape index (κ1) is 25.4. The maximum atomic E-state index is 12.4. The number of hydrogen-bond acceptors (Lipinski definition) is 5. The van der Waals surface area contributed by atoms with E-state index in [1.54, 1.807) is 30.3 Å². The number of benzene rings is 2. The molecule has 1 aliphatic heterocycles. The third-order valence-electron chi connectivity index (χ3n) is 4.22. The number of hydrazine groups is 1. The lowest BCUT2D eigenvalue weighted by molar-refractivity contribution is -0.120. The van der Waals surface area contributed by atoms with Crippen molar-refractivity contribution < 1.29 is 9.59 Å². The zero-order valence-corrected chi connectivity index (χ0v) is 19.1. The zero-order valence-electron chi connectivity index (χ0n) is 19.1. The van der Waals surface area contributed by atoms with Crippen molar-refractivity contribution in [1.29, 1.82) is 5.26 Å². The van der Waals surface area contributed by atoms with Gasteiger partial charge in [0.2, 0.25) is 5.91 Å². The molecule has 1 heterocycles. The van der Waals surface area contributed by atoms with Gasteiger partial charge in [0.25, 0.3) is 5.91 Å². The van der Waals surface area contributed by atoms with Gasteiger partial charge in [-0.1, -0.05) is 33.8 Å². The summed E-state index contributed by atoms with van der Waals surface area (Å²) in [5.41, 5.74) is 9.89. The first-order valence-electron chi connectivity index (χ1n) is 10.5. The number of hydrogen-bond donors (Lipinski definition) is 3. The van der Waals surface area contributed by atoms with Crippen LogP contribution in [-0.4, -0.2) is 24.2 Å². The standard InChI is InChI=1S/C20H19N5O2.2C2H6/c1-12-7-13(2)17(15(8-12)10-21)9-18(26)23-16-5-3-14(4-6-16)20-22-11-19(27)24-25-20;2*1-2/h3-8H,9,11H2,1-2H3,(H,22,25)(H,23,26)(H,24,27);2*1-2H3. The molecule has 31 heavy (non-hydrogen) atoms. The van der Waals surface area contributed by atoms with Gasteiger partial charge in [0.05, 0.1) is 18.1 Å². The first-order chi connectivity index (χ1) is 15.0. The van der Waals surface area contributed by atoms with E-state index in [0.29, 0.717) is 17.1 Å². The molecule has 0 unspecified atom stereocenters. The predicted molar refractivity (Wildman–Crippen MR) is 125 cm³/mol. The number of anilines is 1. The van der Waals surface area contributed by atoms with Gasteiger partial charge in [0, 0.05) is 11.3 Å². The Kier molecular flexibility index (Phi) is 10.5. The van der Waals surface area contributed by atoms with Crippen LogP contribution in [0.4, 0.5) is 5.69 Å². The molecule has 2 aromatic carbocycles. The van der Waals surface area contributed by atoms with Gasteiger partial charge >= 0.3 is 0 Å². The van der Waals surface area contributed by atoms with Crippen LogP contribution in [0, 0.1) is 25.2 Å². The molecule has 0 bridgehead atoms. The minimum Gasteiger partial charge on any atom is -0.326 e. The maximum absolute atomic E-state index is 12.4. The number of rotatable bonds is 4. The van der Waals surface area contributed by atoms with Gasteiger partial charge in [-0.15, -0.1) is 0 Å². The molecule has 0 spiro atoms. The highest BCUT2D eigenvalue weighted by atomic mass is 16.2. The number of nitrogens with one attached hydrogen (secondary N) is 3. The average Bonchev–Trinajstić information content (AvgIpc) is 2.79. The quantitative estimate of drug-likeness (QED) is 0.698. The molecular weight excluding hydrogens is 390 g/mol. The number of amidine groups is 1. The summed E-state index contributed by atoms with van der Waals surface area (Å²) in [6, 6.07) is 13.1. The van der Waals surface area contributed by atoms with Crippen LogP contribution >= 0.6 is 0 Å². The largest absolute Gasteiger partial charge is 0.326 e. The van der Waals surface area contributed by atoms with Crippen LogP contribution in [0.25, 0.3) is 0 Å². The fraction of sp³-hybridized carbons (Fsp3) is 0.333. The number of nitrogens with zero attached hydrogens (tertiary/aromatic N) is 2. The summed E-state index contributed by atoms with van der Waals surface area (Å²) >= 11 is 0. The van der Waals surface area contributed by atoms with Crippen LogP contribution in [0.1, 0.15) is 55.5 Å². The third-order valence-corrected chi connectivity index (χ3v) is 4.22. The molecule has 0 radical (unpaired) electrons. The smallest absolute Gasteiger partial charge is 0.260 e. The van der Waals surface area contributed by atoms with Gasteiger partial charge in [-0.05, 0) is 60.9 Å². The third kappa shape index (κ3) is 7.27. The number of aryl methyl sites for hydroxylation is 2. The van der Waals surface area contributed by atoms with E-state index in [-0.39, 0.29) is 24.8 Å². The average molecular weight is 422 g/mol. The van der Waals surface area contributed by atoms with E-state index in [0.717, 1.165) is 22.3 Å². The molecule has 0 saturated heterocycles. The molecule has 2 aromatic rings. The Morgan fingerprint density at radius 3 is 2.29 bits per heavy atom. The molecule has 2 amide bonds. The van der Waals surface area contributed by atoms with Gasteiger partial charge in [-0.2, -0.15) is 5.26 Å². The van der Waals surface area contributed by atoms with Crippen molar-refractivity contribution in [2.24, 2.45) is 4.99 Å². The number of carbonyl (C=O) groups is 2. The van der Waals surface area contributed by atoms with E-state index in [1.165, 1.54) is 0 Å². The Bertz CT molecular complexity index is 973. The second-order valence-electron chi connectivity index (χ2n) is 6.36.